The van der Waals surface area contributed by atoms with E-state index in [4.69, 9.17) is 0 Å². The van der Waals surface area contributed by atoms with Crippen LogP contribution in [0.4, 0.5) is 0 Å². The number of carbonyl (C=O) groups is 2. The van der Waals surface area contributed by atoms with Crippen LogP contribution in [0, 0.1) is 0 Å². The topological polar surface area (TPSA) is 127 Å². The van der Waals surface area contributed by atoms with Crippen LogP contribution in [0.1, 0.15) is 23.7 Å². The molecule has 1 aliphatic rings. The van der Waals surface area contributed by atoms with Crippen LogP contribution in [0.3, 0.4) is 0 Å². The van der Waals surface area contributed by atoms with Crippen molar-refractivity contribution in [3.63, 3.8) is 0 Å². The molecule has 1 saturated heterocycles. The number of fused-ring (bicyclic) bond motifs is 1. The molecule has 0 unspecified atom stereocenters. The molecule has 0 bridgehead atoms. The molecule has 0 spiro atoms. The van der Waals surface area contributed by atoms with E-state index in [-0.39, 0.29) is 62.9 Å². The SMILES string of the molecule is C=CCn1c(SCC(=O)N(CC)[C@@H]2CCS(=O)(=O)C2)nc2cc(C(=O)O)ccc2c1=O. The van der Waals surface area contributed by atoms with Crippen molar-refractivity contribution in [2.45, 2.75) is 31.1 Å². The van der Waals surface area contributed by atoms with E-state index in [1.54, 1.807) is 11.8 Å². The maximum atomic E-state index is 12.9. The third-order valence-electron chi connectivity index (χ3n) is 5.11. The molecule has 1 aliphatic heterocycles. The third-order valence-corrected chi connectivity index (χ3v) is 7.83. The molecule has 1 atom stereocenters. The summed E-state index contributed by atoms with van der Waals surface area (Å²) in [6.07, 6.45) is 1.95. The van der Waals surface area contributed by atoms with Gasteiger partial charge in [0, 0.05) is 19.1 Å². The molecule has 166 valence electrons. The van der Waals surface area contributed by atoms with Crippen molar-refractivity contribution in [2.75, 3.05) is 23.8 Å². The summed E-state index contributed by atoms with van der Waals surface area (Å²) < 4.78 is 24.9. The van der Waals surface area contributed by atoms with Gasteiger partial charge in [-0.2, -0.15) is 0 Å². The molecular formula is C20H23N3O6S2. The van der Waals surface area contributed by atoms with Gasteiger partial charge in [-0.3, -0.25) is 14.2 Å². The number of benzene rings is 1. The van der Waals surface area contributed by atoms with Gasteiger partial charge < -0.3 is 10.0 Å². The summed E-state index contributed by atoms with van der Waals surface area (Å²) in [5.74, 6) is -1.37. The number of rotatable bonds is 8. The van der Waals surface area contributed by atoms with E-state index in [0.717, 1.165) is 11.8 Å². The van der Waals surface area contributed by atoms with Crippen LogP contribution in [-0.4, -0.2) is 69.7 Å². The zero-order chi connectivity index (χ0) is 22.8. The minimum absolute atomic E-state index is 0.00694. The molecule has 1 fully saturated rings. The number of amides is 1. The van der Waals surface area contributed by atoms with Gasteiger partial charge in [0.25, 0.3) is 5.56 Å². The molecule has 0 radical (unpaired) electrons. The van der Waals surface area contributed by atoms with Crippen LogP contribution in [-0.2, 0) is 21.2 Å². The summed E-state index contributed by atoms with van der Waals surface area (Å²) in [7, 11) is -3.12. The molecule has 11 heteroatoms. The zero-order valence-corrected chi connectivity index (χ0v) is 18.6. The Hall–Kier alpha value is -2.66. The third kappa shape index (κ3) is 4.99. The Balaban J connectivity index is 1.89. The van der Waals surface area contributed by atoms with Gasteiger partial charge in [0.2, 0.25) is 5.91 Å². The number of thioether (sulfide) groups is 1. The lowest BCUT2D eigenvalue weighted by molar-refractivity contribution is -0.129. The molecule has 1 aromatic heterocycles. The quantitative estimate of drug-likeness (QED) is 0.352. The smallest absolute Gasteiger partial charge is 0.335 e. The molecule has 1 amide bonds. The normalized spacial score (nSPS) is 17.5. The highest BCUT2D eigenvalue weighted by atomic mass is 32.2. The Morgan fingerprint density at radius 1 is 1.42 bits per heavy atom. The van der Waals surface area contributed by atoms with Gasteiger partial charge in [-0.1, -0.05) is 17.8 Å². The number of allylic oxidation sites excluding steroid dienone is 1. The van der Waals surface area contributed by atoms with E-state index in [1.165, 1.54) is 28.8 Å². The minimum Gasteiger partial charge on any atom is -0.478 e. The molecular weight excluding hydrogens is 442 g/mol. The molecule has 0 aliphatic carbocycles. The Bertz CT molecular complexity index is 1210. The van der Waals surface area contributed by atoms with E-state index in [9.17, 15) is 27.9 Å². The Morgan fingerprint density at radius 3 is 2.74 bits per heavy atom. The summed E-state index contributed by atoms with van der Waals surface area (Å²) >= 11 is 1.06. The standard InChI is InChI=1S/C20H23N3O6S2/c1-3-8-23-18(25)15-6-5-13(19(26)27)10-16(15)21-20(23)30-11-17(24)22(4-2)14-7-9-31(28,29)12-14/h3,5-6,10,14H,1,4,7-9,11-12H2,2H3,(H,26,27)/t14-/m1/s1. The summed E-state index contributed by atoms with van der Waals surface area (Å²) in [5.41, 5.74) is -0.118. The Kier molecular flexibility index (Phi) is 6.85. The number of aromatic nitrogens is 2. The van der Waals surface area contributed by atoms with Crippen LogP contribution in [0.15, 0.2) is 40.8 Å². The van der Waals surface area contributed by atoms with Gasteiger partial charge in [0.05, 0.1) is 33.7 Å². The highest BCUT2D eigenvalue weighted by Gasteiger charge is 2.33. The second kappa shape index (κ2) is 9.23. The van der Waals surface area contributed by atoms with Crippen LogP contribution in [0.25, 0.3) is 10.9 Å². The summed E-state index contributed by atoms with van der Waals surface area (Å²) in [6.45, 7) is 6.01. The van der Waals surface area contributed by atoms with E-state index < -0.39 is 15.8 Å². The van der Waals surface area contributed by atoms with E-state index >= 15 is 0 Å². The summed E-state index contributed by atoms with van der Waals surface area (Å²) in [6, 6.07) is 3.75. The number of carbonyl (C=O) groups excluding carboxylic acids is 1. The van der Waals surface area contributed by atoms with Crippen LogP contribution in [0.2, 0.25) is 0 Å². The van der Waals surface area contributed by atoms with Gasteiger partial charge in [0.15, 0.2) is 15.0 Å². The lowest BCUT2D eigenvalue weighted by atomic mass is 10.1. The predicted molar refractivity (Wildman–Crippen MR) is 118 cm³/mol. The average molecular weight is 466 g/mol. The fourth-order valence-corrected chi connectivity index (χ4v) is 6.23. The lowest BCUT2D eigenvalue weighted by Crippen LogP contribution is -2.42. The maximum Gasteiger partial charge on any atom is 0.335 e. The van der Waals surface area contributed by atoms with Crippen molar-refractivity contribution in [3.05, 3.63) is 46.8 Å². The number of aromatic carboxylic acids is 1. The molecule has 1 N–H and O–H groups in total. The van der Waals surface area contributed by atoms with Crippen LogP contribution >= 0.6 is 11.8 Å². The van der Waals surface area contributed by atoms with Crippen molar-refractivity contribution in [1.82, 2.24) is 14.5 Å². The van der Waals surface area contributed by atoms with Crippen molar-refractivity contribution in [1.29, 1.82) is 0 Å². The van der Waals surface area contributed by atoms with Crippen molar-refractivity contribution in [2.24, 2.45) is 0 Å². The fraction of sp³-hybridized carbons (Fsp3) is 0.400. The molecule has 1 aromatic carbocycles. The van der Waals surface area contributed by atoms with E-state index in [0.29, 0.717) is 13.0 Å². The van der Waals surface area contributed by atoms with Gasteiger partial charge in [-0.05, 0) is 31.5 Å². The number of hydrogen-bond donors (Lipinski definition) is 1. The Morgan fingerprint density at radius 2 is 2.16 bits per heavy atom. The fourth-order valence-electron chi connectivity index (χ4n) is 3.60. The molecule has 2 aromatic rings. The monoisotopic (exact) mass is 465 g/mol. The molecule has 31 heavy (non-hydrogen) atoms. The van der Waals surface area contributed by atoms with Crippen molar-refractivity contribution < 1.29 is 23.1 Å². The number of sulfone groups is 1. The summed E-state index contributed by atoms with van der Waals surface area (Å²) in [4.78, 5) is 42.9. The highest BCUT2D eigenvalue weighted by Crippen LogP contribution is 2.22. The molecule has 3 rings (SSSR count). The van der Waals surface area contributed by atoms with Crippen LogP contribution < -0.4 is 5.56 Å². The predicted octanol–water partition coefficient (Wildman–Crippen LogP) is 1.41. The average Bonchev–Trinajstić information content (AvgIpc) is 3.08. The highest BCUT2D eigenvalue weighted by molar-refractivity contribution is 7.99. The first-order chi connectivity index (χ1) is 14.7. The first-order valence-corrected chi connectivity index (χ1v) is 12.5. The van der Waals surface area contributed by atoms with Crippen molar-refractivity contribution in [3.8, 4) is 0 Å². The number of carboxylic acid groups (broad SMARTS) is 1. The van der Waals surface area contributed by atoms with E-state index in [2.05, 4.69) is 11.6 Å². The summed E-state index contributed by atoms with van der Waals surface area (Å²) in [5, 5.41) is 9.74. The molecule has 0 saturated carbocycles. The second-order valence-electron chi connectivity index (χ2n) is 7.16. The van der Waals surface area contributed by atoms with Gasteiger partial charge in [0.1, 0.15) is 0 Å². The number of nitrogens with zero attached hydrogens (tertiary/aromatic N) is 3. The lowest BCUT2D eigenvalue weighted by Gasteiger charge is -2.26. The maximum absolute atomic E-state index is 12.9. The first kappa shape index (κ1) is 23.0. The minimum atomic E-state index is -3.12. The van der Waals surface area contributed by atoms with Gasteiger partial charge in [-0.15, -0.1) is 6.58 Å². The van der Waals surface area contributed by atoms with Crippen LogP contribution in [0.5, 0.6) is 0 Å². The Labute approximate surface area is 183 Å². The van der Waals surface area contributed by atoms with Gasteiger partial charge in [-0.25, -0.2) is 18.2 Å². The van der Waals surface area contributed by atoms with Crippen molar-refractivity contribution >= 4 is 44.4 Å². The number of hydrogen-bond acceptors (Lipinski definition) is 7. The van der Waals surface area contributed by atoms with E-state index in [1.807, 2.05) is 0 Å². The molecule has 2 heterocycles. The largest absolute Gasteiger partial charge is 0.478 e. The zero-order valence-electron chi connectivity index (χ0n) is 17.0. The van der Waals surface area contributed by atoms with Gasteiger partial charge >= 0.3 is 5.97 Å². The molecule has 9 nitrogen and oxygen atoms in total. The first-order valence-electron chi connectivity index (χ1n) is 9.68. The number of carboxylic acids is 1. The second-order valence-corrected chi connectivity index (χ2v) is 10.3.